The van der Waals surface area contributed by atoms with Gasteiger partial charge in [0.05, 0.1) is 16.4 Å². The summed E-state index contributed by atoms with van der Waals surface area (Å²) in [5.41, 5.74) is -0.0288. The number of halogens is 1. The first-order valence-electron chi connectivity index (χ1n) is 5.36. The molecule has 0 aromatic carbocycles. The van der Waals surface area contributed by atoms with Crippen molar-refractivity contribution in [2.24, 2.45) is 12.5 Å². The number of nitrogens with zero attached hydrogens (tertiary/aromatic N) is 2. The zero-order chi connectivity index (χ0) is 12.0. The molecular weight excluding hydrogens is 288 g/mol. The first-order valence-corrected chi connectivity index (χ1v) is 7.31. The highest BCUT2D eigenvalue weighted by atomic mass is 79.9. The van der Waals surface area contributed by atoms with E-state index in [0.29, 0.717) is 0 Å². The second-order valence-corrected chi connectivity index (χ2v) is 6.97. The second-order valence-electron chi connectivity index (χ2n) is 5.01. The molecule has 2 heterocycles. The summed E-state index contributed by atoms with van der Waals surface area (Å²) < 4.78 is 2.67. The molecule has 1 fully saturated rings. The maximum Gasteiger partial charge on any atom is 0.121 e. The maximum absolute atomic E-state index is 11.0. The largest absolute Gasteiger partial charge is 0.382 e. The van der Waals surface area contributed by atoms with Crippen molar-refractivity contribution in [2.45, 2.75) is 25.9 Å². The summed E-state index contributed by atoms with van der Waals surface area (Å²) in [6.07, 6.45) is 2.77. The Morgan fingerprint density at radius 1 is 1.56 bits per heavy atom. The summed E-state index contributed by atoms with van der Waals surface area (Å²) in [4.78, 5) is 0. The smallest absolute Gasteiger partial charge is 0.121 e. The van der Waals surface area contributed by atoms with Crippen molar-refractivity contribution < 1.29 is 5.11 Å². The van der Waals surface area contributed by atoms with Gasteiger partial charge >= 0.3 is 0 Å². The summed E-state index contributed by atoms with van der Waals surface area (Å²) >= 11 is 5.29. The van der Waals surface area contributed by atoms with Crippen molar-refractivity contribution in [1.82, 2.24) is 9.78 Å². The maximum atomic E-state index is 11.0. The number of aryl methyl sites for hydroxylation is 1. The SMILES string of the molecule is Cn1ncc(Br)c1C1(O)CSCCC1(C)C. The quantitative estimate of drug-likeness (QED) is 0.866. The van der Waals surface area contributed by atoms with Crippen LogP contribution < -0.4 is 0 Å². The van der Waals surface area contributed by atoms with Gasteiger partial charge < -0.3 is 5.11 Å². The molecule has 1 aliphatic heterocycles. The number of hydrogen-bond acceptors (Lipinski definition) is 3. The van der Waals surface area contributed by atoms with Gasteiger partial charge in [-0.2, -0.15) is 16.9 Å². The molecule has 1 atom stereocenters. The molecule has 1 aromatic heterocycles. The van der Waals surface area contributed by atoms with E-state index < -0.39 is 5.60 Å². The van der Waals surface area contributed by atoms with Gasteiger partial charge in [0, 0.05) is 18.2 Å². The van der Waals surface area contributed by atoms with E-state index in [9.17, 15) is 5.11 Å². The third-order valence-electron chi connectivity index (χ3n) is 3.59. The Balaban J connectivity index is 2.52. The molecule has 1 aromatic rings. The van der Waals surface area contributed by atoms with Crippen molar-refractivity contribution >= 4 is 27.7 Å². The van der Waals surface area contributed by atoms with E-state index >= 15 is 0 Å². The van der Waals surface area contributed by atoms with E-state index in [4.69, 9.17) is 0 Å². The monoisotopic (exact) mass is 304 g/mol. The Bertz CT molecular complexity index is 385. The Hall–Kier alpha value is -0.0000000000000000555. The number of thioether (sulfide) groups is 1. The van der Waals surface area contributed by atoms with Crippen LogP contribution in [-0.2, 0) is 12.6 Å². The molecule has 0 amide bonds. The van der Waals surface area contributed by atoms with Crippen LogP contribution in [0.1, 0.15) is 26.0 Å². The van der Waals surface area contributed by atoms with Crippen LogP contribution in [0.2, 0.25) is 0 Å². The second kappa shape index (κ2) is 4.03. The lowest BCUT2D eigenvalue weighted by Gasteiger charge is -2.46. The van der Waals surface area contributed by atoms with Crippen LogP contribution >= 0.6 is 27.7 Å². The van der Waals surface area contributed by atoms with Gasteiger partial charge in [-0.1, -0.05) is 13.8 Å². The van der Waals surface area contributed by atoms with E-state index in [0.717, 1.165) is 28.1 Å². The fourth-order valence-corrected chi connectivity index (χ4v) is 4.51. The van der Waals surface area contributed by atoms with Crippen LogP contribution in [0.5, 0.6) is 0 Å². The Labute approximate surface area is 109 Å². The molecule has 3 nitrogen and oxygen atoms in total. The van der Waals surface area contributed by atoms with Gasteiger partial charge in [0.15, 0.2) is 0 Å². The summed E-state index contributed by atoms with van der Waals surface area (Å²) in [7, 11) is 1.88. The third-order valence-corrected chi connectivity index (χ3v) is 5.28. The van der Waals surface area contributed by atoms with E-state index in [-0.39, 0.29) is 5.41 Å². The predicted octanol–water partition coefficient (Wildman–Crippen LogP) is 2.53. The minimum atomic E-state index is -0.806. The molecule has 0 radical (unpaired) electrons. The summed E-state index contributed by atoms with van der Waals surface area (Å²) in [5.74, 6) is 1.85. The molecule has 90 valence electrons. The first kappa shape index (κ1) is 12.5. The average molecular weight is 305 g/mol. The minimum absolute atomic E-state index is 0.117. The van der Waals surface area contributed by atoms with E-state index in [1.54, 1.807) is 10.9 Å². The van der Waals surface area contributed by atoms with Gasteiger partial charge in [0.2, 0.25) is 0 Å². The predicted molar refractivity (Wildman–Crippen MR) is 70.5 cm³/mol. The minimum Gasteiger partial charge on any atom is -0.382 e. The van der Waals surface area contributed by atoms with Crippen molar-refractivity contribution in [3.8, 4) is 0 Å². The molecule has 1 unspecified atom stereocenters. The molecule has 2 rings (SSSR count). The number of hydrogen-bond donors (Lipinski definition) is 1. The Morgan fingerprint density at radius 2 is 2.25 bits per heavy atom. The van der Waals surface area contributed by atoms with Crippen molar-refractivity contribution in [2.75, 3.05) is 11.5 Å². The molecule has 0 aliphatic carbocycles. The van der Waals surface area contributed by atoms with Crippen LogP contribution in [0, 0.1) is 5.41 Å². The van der Waals surface area contributed by atoms with Gasteiger partial charge in [-0.05, 0) is 28.1 Å². The molecule has 0 spiro atoms. The van der Waals surface area contributed by atoms with Crippen LogP contribution in [0.15, 0.2) is 10.7 Å². The highest BCUT2D eigenvalue weighted by Gasteiger charge is 2.49. The lowest BCUT2D eigenvalue weighted by molar-refractivity contribution is -0.0645. The molecular formula is C11H17BrN2OS. The third kappa shape index (κ3) is 1.73. The average Bonchev–Trinajstić information content (AvgIpc) is 2.52. The molecule has 1 N–H and O–H groups in total. The lowest BCUT2D eigenvalue weighted by Crippen LogP contribution is -2.48. The molecule has 1 saturated heterocycles. The van der Waals surface area contributed by atoms with Crippen LogP contribution in [-0.4, -0.2) is 26.4 Å². The fraction of sp³-hybridized carbons (Fsp3) is 0.727. The lowest BCUT2D eigenvalue weighted by atomic mass is 9.71. The van der Waals surface area contributed by atoms with E-state index in [2.05, 4.69) is 34.9 Å². The Morgan fingerprint density at radius 3 is 2.75 bits per heavy atom. The van der Waals surface area contributed by atoms with Crippen molar-refractivity contribution in [3.63, 3.8) is 0 Å². The number of rotatable bonds is 1. The summed E-state index contributed by atoms with van der Waals surface area (Å²) in [6, 6.07) is 0. The van der Waals surface area contributed by atoms with Crippen LogP contribution in [0.3, 0.4) is 0 Å². The van der Waals surface area contributed by atoms with Gasteiger partial charge in [0.25, 0.3) is 0 Å². The normalized spacial score (nSPS) is 29.3. The van der Waals surface area contributed by atoms with Gasteiger partial charge in [0.1, 0.15) is 5.60 Å². The molecule has 0 bridgehead atoms. The fourth-order valence-electron chi connectivity index (χ4n) is 2.21. The van der Waals surface area contributed by atoms with Gasteiger partial charge in [-0.3, -0.25) is 4.68 Å². The summed E-state index contributed by atoms with van der Waals surface area (Å²) in [6.45, 7) is 4.26. The van der Waals surface area contributed by atoms with Crippen molar-refractivity contribution in [3.05, 3.63) is 16.4 Å². The first-order chi connectivity index (χ1) is 7.38. The zero-order valence-corrected chi connectivity index (χ0v) is 12.2. The van der Waals surface area contributed by atoms with Gasteiger partial charge in [-0.15, -0.1) is 0 Å². The Kier molecular flexibility index (Phi) is 3.14. The van der Waals surface area contributed by atoms with Crippen molar-refractivity contribution in [1.29, 1.82) is 0 Å². The van der Waals surface area contributed by atoms with Crippen LogP contribution in [0.4, 0.5) is 0 Å². The topological polar surface area (TPSA) is 38.0 Å². The molecule has 5 heteroatoms. The molecule has 1 aliphatic rings. The van der Waals surface area contributed by atoms with E-state index in [1.165, 1.54) is 0 Å². The number of aliphatic hydroxyl groups is 1. The number of aromatic nitrogens is 2. The highest BCUT2D eigenvalue weighted by molar-refractivity contribution is 9.10. The van der Waals surface area contributed by atoms with Gasteiger partial charge in [-0.25, -0.2) is 0 Å². The zero-order valence-electron chi connectivity index (χ0n) is 9.83. The van der Waals surface area contributed by atoms with Crippen LogP contribution in [0.25, 0.3) is 0 Å². The summed E-state index contributed by atoms with van der Waals surface area (Å²) in [5, 5.41) is 15.2. The standard InChI is InChI=1S/C11H17BrN2OS/c1-10(2)4-5-16-7-11(10,15)9-8(12)6-13-14(9)3/h6,15H,4-5,7H2,1-3H3. The molecule has 0 saturated carbocycles. The molecule has 16 heavy (non-hydrogen) atoms. The van der Waals surface area contributed by atoms with E-state index in [1.807, 2.05) is 18.8 Å². The highest BCUT2D eigenvalue weighted by Crippen LogP contribution is 2.49.